The topological polar surface area (TPSA) is 105 Å². The summed E-state index contributed by atoms with van der Waals surface area (Å²) < 4.78 is 10.6. The van der Waals surface area contributed by atoms with Crippen molar-refractivity contribution in [3.05, 3.63) is 35.5 Å². The Hall–Kier alpha value is -3.10. The van der Waals surface area contributed by atoms with Crippen LogP contribution in [0.15, 0.2) is 28.1 Å². The van der Waals surface area contributed by atoms with Crippen molar-refractivity contribution in [2.45, 2.75) is 39.2 Å². The Morgan fingerprint density at radius 3 is 2.81 bits per heavy atom. The highest BCUT2D eigenvalue weighted by atomic mass is 17.2. The fourth-order valence-electron chi connectivity index (χ4n) is 2.70. The van der Waals surface area contributed by atoms with Gasteiger partial charge in [0.1, 0.15) is 0 Å². The van der Waals surface area contributed by atoms with Crippen molar-refractivity contribution in [3.8, 4) is 11.5 Å². The molecule has 9 nitrogen and oxygen atoms in total. The maximum absolute atomic E-state index is 11.1. The second kappa shape index (κ2) is 7.03. The molecular formula is C17H19N3O6. The molecule has 9 heteroatoms. The van der Waals surface area contributed by atoms with E-state index >= 15 is 0 Å². The van der Waals surface area contributed by atoms with Crippen molar-refractivity contribution in [2.75, 3.05) is 7.11 Å². The van der Waals surface area contributed by atoms with Gasteiger partial charge in [0.05, 0.1) is 12.8 Å². The molecule has 1 aliphatic heterocycles. The van der Waals surface area contributed by atoms with Gasteiger partial charge >= 0.3 is 5.97 Å². The van der Waals surface area contributed by atoms with Crippen molar-refractivity contribution >= 4 is 11.7 Å². The van der Waals surface area contributed by atoms with Gasteiger partial charge in [-0.3, -0.25) is 9.78 Å². The number of benzene rings is 1. The van der Waals surface area contributed by atoms with Crippen LogP contribution in [0.3, 0.4) is 0 Å². The Labute approximate surface area is 149 Å². The average molecular weight is 361 g/mol. The Balaban J connectivity index is 1.92. The predicted molar refractivity (Wildman–Crippen MR) is 88.7 cm³/mol. The van der Waals surface area contributed by atoms with Crippen LogP contribution in [-0.4, -0.2) is 29.0 Å². The lowest BCUT2D eigenvalue weighted by Crippen LogP contribution is -2.22. The molecule has 0 saturated heterocycles. The third kappa shape index (κ3) is 3.32. The molecule has 3 rings (SSSR count). The molecule has 1 atom stereocenters. The van der Waals surface area contributed by atoms with E-state index in [0.717, 1.165) is 11.1 Å². The number of oxime groups is 1. The highest BCUT2D eigenvalue weighted by Gasteiger charge is 2.41. The van der Waals surface area contributed by atoms with Gasteiger partial charge < -0.3 is 14.0 Å². The molecule has 2 heterocycles. The Morgan fingerprint density at radius 1 is 1.38 bits per heavy atom. The minimum absolute atomic E-state index is 0.283. The molecule has 138 valence electrons. The first-order chi connectivity index (χ1) is 12.5. The highest BCUT2D eigenvalue weighted by molar-refractivity contribution is 6.02. The minimum atomic E-state index is -0.838. The van der Waals surface area contributed by atoms with Gasteiger partial charge in [-0.15, -0.1) is 10.2 Å². The fourth-order valence-corrected chi connectivity index (χ4v) is 2.70. The van der Waals surface area contributed by atoms with E-state index in [1.807, 2.05) is 19.9 Å². The van der Waals surface area contributed by atoms with Crippen LogP contribution >= 0.6 is 0 Å². The molecule has 0 N–H and O–H groups in total. The number of aromatic nitrogens is 2. The second-order valence-corrected chi connectivity index (χ2v) is 5.96. The Morgan fingerprint density at radius 2 is 2.19 bits per heavy atom. The molecule has 1 aromatic carbocycles. The lowest BCUT2D eigenvalue weighted by Gasteiger charge is -2.16. The van der Waals surface area contributed by atoms with Crippen molar-refractivity contribution in [1.29, 1.82) is 0 Å². The van der Waals surface area contributed by atoms with Crippen LogP contribution in [0.25, 0.3) is 0 Å². The number of nitrogens with zero attached hydrogens (tertiary/aromatic N) is 3. The van der Waals surface area contributed by atoms with Gasteiger partial charge in [-0.25, -0.2) is 4.79 Å². The van der Waals surface area contributed by atoms with Gasteiger partial charge in [0.2, 0.25) is 17.7 Å². The first-order valence-corrected chi connectivity index (χ1v) is 8.05. The van der Waals surface area contributed by atoms with Crippen molar-refractivity contribution in [2.24, 2.45) is 5.16 Å². The number of aryl methyl sites for hydroxylation is 1. The summed E-state index contributed by atoms with van der Waals surface area (Å²) in [7, 11) is 1.53. The Bertz CT molecular complexity index is 833. The summed E-state index contributed by atoms with van der Waals surface area (Å²) in [6.07, 6.45) is 2.36. The zero-order valence-corrected chi connectivity index (χ0v) is 14.9. The van der Waals surface area contributed by atoms with Gasteiger partial charge in [0.15, 0.2) is 5.75 Å². The van der Waals surface area contributed by atoms with Gasteiger partial charge in [0.25, 0.3) is 5.89 Å². The first kappa shape index (κ1) is 17.7. The fraction of sp³-hybridized carbons (Fsp3) is 0.412. The first-order valence-electron chi connectivity index (χ1n) is 8.05. The number of methoxy groups -OCH3 is 1. The van der Waals surface area contributed by atoms with Crippen LogP contribution < -0.4 is 9.62 Å². The largest absolute Gasteiger partial charge is 0.492 e. The smallest absolute Gasteiger partial charge is 0.352 e. The minimum Gasteiger partial charge on any atom is -0.492 e. The van der Waals surface area contributed by atoms with E-state index < -0.39 is 11.6 Å². The molecular weight excluding hydrogens is 342 g/mol. The molecule has 0 radical (unpaired) electrons. The molecule has 0 spiro atoms. The summed E-state index contributed by atoms with van der Waals surface area (Å²) in [4.78, 5) is 26.4. The monoisotopic (exact) mass is 361 g/mol. The zero-order chi connectivity index (χ0) is 18.7. The van der Waals surface area contributed by atoms with Crippen LogP contribution in [0.4, 0.5) is 0 Å². The zero-order valence-electron chi connectivity index (χ0n) is 14.9. The van der Waals surface area contributed by atoms with Gasteiger partial charge in [-0.1, -0.05) is 12.1 Å². The summed E-state index contributed by atoms with van der Waals surface area (Å²) >= 11 is 0. The molecule has 2 aromatic rings. The quantitative estimate of drug-likeness (QED) is 0.571. The molecule has 1 unspecified atom stereocenters. The third-order valence-corrected chi connectivity index (χ3v) is 3.97. The summed E-state index contributed by atoms with van der Waals surface area (Å²) in [5.74, 6) is 0.556. The number of hydrogen-bond acceptors (Lipinski definition) is 9. The maximum Gasteiger partial charge on any atom is 0.352 e. The molecule has 0 saturated carbocycles. The maximum atomic E-state index is 11.1. The summed E-state index contributed by atoms with van der Waals surface area (Å²) in [5, 5.41) is 11.8. The van der Waals surface area contributed by atoms with Crippen molar-refractivity contribution in [1.82, 2.24) is 10.2 Å². The van der Waals surface area contributed by atoms with Crippen LogP contribution in [-0.2, 0) is 26.5 Å². The van der Waals surface area contributed by atoms with E-state index in [0.29, 0.717) is 30.2 Å². The number of carbonyl (C=O) groups is 1. The number of rotatable bonds is 6. The summed E-state index contributed by atoms with van der Waals surface area (Å²) in [5.41, 5.74) is 1.47. The molecule has 26 heavy (non-hydrogen) atoms. The second-order valence-electron chi connectivity index (χ2n) is 5.96. The van der Waals surface area contributed by atoms with E-state index in [1.54, 1.807) is 6.07 Å². The number of carbonyl (C=O) groups excluding carboxylic acids is 1. The summed E-state index contributed by atoms with van der Waals surface area (Å²) in [6, 6.07) is 3.61. The van der Waals surface area contributed by atoms with Gasteiger partial charge in [-0.2, -0.15) is 0 Å². The van der Waals surface area contributed by atoms with E-state index in [4.69, 9.17) is 18.9 Å². The van der Waals surface area contributed by atoms with Crippen LogP contribution in [0.2, 0.25) is 0 Å². The van der Waals surface area contributed by atoms with Crippen molar-refractivity contribution in [3.63, 3.8) is 0 Å². The molecule has 0 bridgehead atoms. The molecule has 0 aliphatic carbocycles. The van der Waals surface area contributed by atoms with Crippen LogP contribution in [0.1, 0.15) is 44.2 Å². The van der Waals surface area contributed by atoms with Crippen LogP contribution in [0.5, 0.6) is 11.5 Å². The van der Waals surface area contributed by atoms with E-state index in [-0.39, 0.29) is 5.75 Å². The van der Waals surface area contributed by atoms with E-state index in [9.17, 15) is 4.79 Å². The Kier molecular flexibility index (Phi) is 4.79. The third-order valence-electron chi connectivity index (χ3n) is 3.97. The van der Waals surface area contributed by atoms with E-state index in [2.05, 4.69) is 20.2 Å². The van der Waals surface area contributed by atoms with Gasteiger partial charge in [-0.05, 0) is 31.0 Å². The average Bonchev–Trinajstić information content (AvgIpc) is 3.29. The summed E-state index contributed by atoms with van der Waals surface area (Å²) in [6.45, 7) is 5.05. The standard InChI is InChI=1S/C17H19N3O6/c1-5-11-6-12(7-14(15(11)22-4)25-24-10(2)21)13-8-17(3,26-20-13)16-19-18-9-23-16/h6-7,9H,5,8H2,1-4H3. The van der Waals surface area contributed by atoms with Gasteiger partial charge in [0, 0.05) is 18.9 Å². The number of ether oxygens (including phenoxy) is 1. The molecule has 1 aliphatic rings. The highest BCUT2D eigenvalue weighted by Crippen LogP contribution is 2.38. The lowest BCUT2D eigenvalue weighted by atomic mass is 9.94. The lowest BCUT2D eigenvalue weighted by molar-refractivity contribution is -0.211. The normalized spacial score (nSPS) is 18.8. The molecule has 0 fully saturated rings. The van der Waals surface area contributed by atoms with E-state index in [1.165, 1.54) is 20.4 Å². The van der Waals surface area contributed by atoms with Crippen LogP contribution in [0, 0.1) is 0 Å². The van der Waals surface area contributed by atoms with Crippen molar-refractivity contribution < 1.29 is 28.6 Å². The molecule has 0 amide bonds. The number of hydrogen-bond donors (Lipinski definition) is 0. The SMILES string of the molecule is CCc1cc(C2=NOC(C)(c3nnco3)C2)cc(OOC(C)=O)c1OC. The molecule has 1 aromatic heterocycles. The predicted octanol–water partition coefficient (Wildman–Crippen LogP) is 2.54.